The SMILES string of the molecule is N/C(=C\N(N)COCCSF)CCC(NC(=O)NC(CCC(=O)O)C(=O)O)C(=O)O. The third kappa shape index (κ3) is 13.4. The van der Waals surface area contributed by atoms with Gasteiger partial charge in [0.1, 0.15) is 18.8 Å². The number of nitrogens with one attached hydrogen (secondary N) is 2. The van der Waals surface area contributed by atoms with Crippen LogP contribution in [-0.2, 0) is 19.1 Å². The largest absolute Gasteiger partial charge is 0.481 e. The van der Waals surface area contributed by atoms with Crippen LogP contribution in [0.4, 0.5) is 8.68 Å². The standard InChI is InChI=1S/C15H26FN5O8S/c16-30-6-5-29-8-21(18)7-9(17)1-2-10(13(24)25)19-15(28)20-11(14(26)27)3-4-12(22)23/h7,10-11H,1-6,8,17-18H2,(H,22,23)(H,24,25)(H,26,27)(H2,19,20,28)/b9-7-. The molecule has 0 saturated carbocycles. The molecule has 0 aromatic heterocycles. The van der Waals surface area contributed by atoms with Crippen LogP contribution in [0.2, 0.25) is 0 Å². The molecule has 0 heterocycles. The highest BCUT2D eigenvalue weighted by Gasteiger charge is 2.24. The Morgan fingerprint density at radius 1 is 1.07 bits per heavy atom. The molecule has 0 saturated heterocycles. The summed E-state index contributed by atoms with van der Waals surface area (Å²) >= 11 is 0.117. The highest BCUT2D eigenvalue weighted by molar-refractivity contribution is 7.94. The van der Waals surface area contributed by atoms with E-state index in [9.17, 15) is 28.2 Å². The van der Waals surface area contributed by atoms with Crippen molar-refractivity contribution >= 4 is 36.1 Å². The van der Waals surface area contributed by atoms with Gasteiger partial charge in [0, 0.05) is 36.2 Å². The van der Waals surface area contributed by atoms with E-state index in [0.29, 0.717) is 0 Å². The van der Waals surface area contributed by atoms with Crippen molar-refractivity contribution in [2.75, 3.05) is 19.1 Å². The number of nitrogens with zero attached hydrogens (tertiary/aromatic N) is 1. The fourth-order valence-corrected chi connectivity index (χ4v) is 2.21. The molecule has 2 amide bonds. The number of rotatable bonds is 16. The summed E-state index contributed by atoms with van der Waals surface area (Å²) in [5, 5.41) is 32.0. The third-order valence-corrected chi connectivity index (χ3v) is 3.77. The summed E-state index contributed by atoms with van der Waals surface area (Å²) in [5.41, 5.74) is 5.92. The first-order chi connectivity index (χ1) is 14.1. The summed E-state index contributed by atoms with van der Waals surface area (Å²) in [6.45, 7) is 0.0593. The molecule has 0 spiro atoms. The van der Waals surface area contributed by atoms with E-state index in [1.54, 1.807) is 0 Å². The Labute approximate surface area is 175 Å². The monoisotopic (exact) mass is 455 g/mol. The number of urea groups is 1. The molecule has 0 aliphatic carbocycles. The number of carbonyl (C=O) groups is 4. The Hall–Kier alpha value is -2.78. The lowest BCUT2D eigenvalue weighted by molar-refractivity contribution is -0.140. The molecule has 0 aromatic rings. The molecule has 9 N–H and O–H groups in total. The fraction of sp³-hybridized carbons (Fsp3) is 0.600. The molecule has 0 fully saturated rings. The first-order valence-corrected chi connectivity index (χ1v) is 9.48. The van der Waals surface area contributed by atoms with Gasteiger partial charge in [0.15, 0.2) is 0 Å². The van der Waals surface area contributed by atoms with Crippen LogP contribution < -0.4 is 22.2 Å². The van der Waals surface area contributed by atoms with E-state index in [1.807, 2.05) is 5.32 Å². The first kappa shape index (κ1) is 27.2. The molecule has 0 aromatic carbocycles. The van der Waals surface area contributed by atoms with Gasteiger partial charge in [0.2, 0.25) is 0 Å². The molecule has 2 unspecified atom stereocenters. The van der Waals surface area contributed by atoms with Gasteiger partial charge in [-0.3, -0.25) is 9.80 Å². The van der Waals surface area contributed by atoms with Crippen molar-refractivity contribution in [1.29, 1.82) is 0 Å². The van der Waals surface area contributed by atoms with E-state index in [1.165, 1.54) is 6.20 Å². The summed E-state index contributed by atoms with van der Waals surface area (Å²) in [6.07, 6.45) is 0.308. The number of amides is 2. The average Bonchev–Trinajstić information content (AvgIpc) is 2.64. The van der Waals surface area contributed by atoms with Crippen LogP contribution >= 0.6 is 12.1 Å². The van der Waals surface area contributed by atoms with Gasteiger partial charge in [0.05, 0.1) is 6.61 Å². The number of aliphatic carboxylic acids is 3. The van der Waals surface area contributed by atoms with E-state index < -0.39 is 42.4 Å². The van der Waals surface area contributed by atoms with Crippen LogP contribution in [0.15, 0.2) is 11.9 Å². The minimum Gasteiger partial charge on any atom is -0.481 e. The lowest BCUT2D eigenvalue weighted by atomic mass is 10.1. The van der Waals surface area contributed by atoms with Gasteiger partial charge in [-0.05, 0) is 19.3 Å². The molecule has 0 radical (unpaired) electrons. The highest BCUT2D eigenvalue weighted by atomic mass is 32.2. The van der Waals surface area contributed by atoms with Crippen molar-refractivity contribution in [3.63, 3.8) is 0 Å². The summed E-state index contributed by atoms with van der Waals surface area (Å²) in [5.74, 6) is 1.65. The van der Waals surface area contributed by atoms with Crippen LogP contribution in [0, 0.1) is 0 Å². The molecular weight excluding hydrogens is 429 g/mol. The summed E-state index contributed by atoms with van der Waals surface area (Å²) < 4.78 is 16.9. The second-order valence-corrected chi connectivity index (χ2v) is 6.57. The maximum Gasteiger partial charge on any atom is 0.326 e. The molecule has 0 aliphatic rings. The van der Waals surface area contributed by atoms with Gasteiger partial charge in [-0.15, -0.1) is 0 Å². The molecule has 0 rings (SSSR count). The smallest absolute Gasteiger partial charge is 0.326 e. The van der Waals surface area contributed by atoms with Gasteiger partial charge >= 0.3 is 23.9 Å². The molecule has 13 nitrogen and oxygen atoms in total. The molecule has 0 aliphatic heterocycles. The maximum atomic E-state index is 11.9. The fourth-order valence-electron chi connectivity index (χ4n) is 2.03. The lowest BCUT2D eigenvalue weighted by Gasteiger charge is -2.19. The molecule has 30 heavy (non-hydrogen) atoms. The van der Waals surface area contributed by atoms with Crippen LogP contribution in [0.25, 0.3) is 0 Å². The number of hydrogen-bond donors (Lipinski definition) is 7. The Morgan fingerprint density at radius 3 is 2.07 bits per heavy atom. The normalized spacial score (nSPS) is 13.2. The second-order valence-electron chi connectivity index (χ2n) is 5.94. The number of carboxylic acid groups (broad SMARTS) is 3. The number of halogens is 1. The van der Waals surface area contributed by atoms with Crippen LogP contribution in [-0.4, -0.2) is 75.4 Å². The van der Waals surface area contributed by atoms with E-state index in [0.717, 1.165) is 5.01 Å². The number of allylic oxidation sites excluding steroid dienone is 1. The number of ether oxygens (including phenoxy) is 1. The Kier molecular flexibility index (Phi) is 13.7. The number of carbonyl (C=O) groups excluding carboxylic acids is 1. The quantitative estimate of drug-likeness (QED) is 0.0672. The molecular formula is C15H26FN5O8S. The zero-order valence-corrected chi connectivity index (χ0v) is 16.8. The molecule has 172 valence electrons. The average molecular weight is 455 g/mol. The van der Waals surface area contributed by atoms with Gasteiger partial charge < -0.3 is 36.4 Å². The maximum absolute atomic E-state index is 11.9. The third-order valence-electron chi connectivity index (χ3n) is 3.45. The highest BCUT2D eigenvalue weighted by Crippen LogP contribution is 2.05. The van der Waals surface area contributed by atoms with Crippen molar-refractivity contribution in [2.45, 2.75) is 37.8 Å². The van der Waals surface area contributed by atoms with Crippen molar-refractivity contribution in [3.8, 4) is 0 Å². The van der Waals surface area contributed by atoms with E-state index in [-0.39, 0.29) is 56.2 Å². The summed E-state index contributed by atoms with van der Waals surface area (Å²) in [6, 6.07) is -3.97. The van der Waals surface area contributed by atoms with Crippen molar-refractivity contribution in [1.82, 2.24) is 15.6 Å². The van der Waals surface area contributed by atoms with E-state index in [2.05, 4.69) is 5.32 Å². The summed E-state index contributed by atoms with van der Waals surface area (Å²) in [4.78, 5) is 44.8. The van der Waals surface area contributed by atoms with Gasteiger partial charge in [-0.2, -0.15) is 3.89 Å². The second kappa shape index (κ2) is 15.1. The minimum atomic E-state index is -1.50. The minimum absolute atomic E-state index is 0.0205. The van der Waals surface area contributed by atoms with Crippen molar-refractivity contribution in [2.24, 2.45) is 11.6 Å². The van der Waals surface area contributed by atoms with Crippen LogP contribution in [0.5, 0.6) is 0 Å². The first-order valence-electron chi connectivity index (χ1n) is 8.60. The van der Waals surface area contributed by atoms with E-state index >= 15 is 0 Å². The number of hydrogen-bond acceptors (Lipinski definition) is 9. The van der Waals surface area contributed by atoms with Gasteiger partial charge in [-0.1, -0.05) is 0 Å². The predicted molar refractivity (Wildman–Crippen MR) is 103 cm³/mol. The van der Waals surface area contributed by atoms with Crippen LogP contribution in [0.3, 0.4) is 0 Å². The topological polar surface area (TPSA) is 218 Å². The Balaban J connectivity index is 4.62. The lowest BCUT2D eigenvalue weighted by Crippen LogP contribution is -2.51. The van der Waals surface area contributed by atoms with Gasteiger partial charge in [0.25, 0.3) is 0 Å². The van der Waals surface area contributed by atoms with E-state index in [4.69, 9.17) is 26.5 Å². The number of carboxylic acids is 3. The molecule has 15 heteroatoms. The Bertz CT molecular complexity index is 624. The Morgan fingerprint density at radius 2 is 1.60 bits per heavy atom. The van der Waals surface area contributed by atoms with Gasteiger partial charge in [-0.25, -0.2) is 20.2 Å². The zero-order valence-electron chi connectivity index (χ0n) is 16.0. The number of hydrazine groups is 1. The van der Waals surface area contributed by atoms with Crippen molar-refractivity contribution in [3.05, 3.63) is 11.9 Å². The summed E-state index contributed by atoms with van der Waals surface area (Å²) in [7, 11) is 0. The number of nitrogens with two attached hydrogens (primary N) is 2. The zero-order chi connectivity index (χ0) is 23.1. The predicted octanol–water partition coefficient (Wildman–Crippen LogP) is -0.595. The molecule has 2 atom stereocenters. The van der Waals surface area contributed by atoms with Crippen molar-refractivity contribution < 1.29 is 43.1 Å². The van der Waals surface area contributed by atoms with Crippen LogP contribution in [0.1, 0.15) is 25.7 Å². The molecule has 0 bridgehead atoms.